The molecule has 10 heteroatoms. The summed E-state index contributed by atoms with van der Waals surface area (Å²) in [6.07, 6.45) is 0. The number of aliphatic hydroxyl groups excluding tert-OH is 2. The SMILES string of the molecule is OCC1CSC2=C(S/C(=C3\SC4=C(S3)SC(CO)CS4)S2)S1. The molecular weight excluding hydrogens is 433 g/mol. The largest absolute Gasteiger partial charge is 0.395 e. The van der Waals surface area contributed by atoms with Crippen LogP contribution in [-0.4, -0.2) is 45.4 Å². The van der Waals surface area contributed by atoms with Crippen LogP contribution in [0.25, 0.3) is 0 Å². The van der Waals surface area contributed by atoms with Crippen LogP contribution in [0.15, 0.2) is 25.4 Å². The smallest absolute Gasteiger partial charge is 0.0717 e. The molecule has 2 nitrogen and oxygen atoms in total. The van der Waals surface area contributed by atoms with Gasteiger partial charge in [0, 0.05) is 22.0 Å². The van der Waals surface area contributed by atoms with E-state index in [1.807, 2.05) is 94.1 Å². The summed E-state index contributed by atoms with van der Waals surface area (Å²) < 4.78 is 8.39. The molecule has 0 fully saturated rings. The Morgan fingerprint density at radius 2 is 1.05 bits per heavy atom. The van der Waals surface area contributed by atoms with E-state index >= 15 is 0 Å². The van der Waals surface area contributed by atoms with Crippen molar-refractivity contribution in [2.45, 2.75) is 10.5 Å². The van der Waals surface area contributed by atoms with Crippen LogP contribution in [0, 0.1) is 0 Å². The summed E-state index contributed by atoms with van der Waals surface area (Å²) in [5.74, 6) is 2.02. The van der Waals surface area contributed by atoms with E-state index in [4.69, 9.17) is 0 Å². The van der Waals surface area contributed by atoms with E-state index in [0.717, 1.165) is 11.5 Å². The minimum absolute atomic E-state index is 0.265. The predicted octanol–water partition coefficient (Wildman–Crippen LogP) is 5.01. The van der Waals surface area contributed by atoms with E-state index in [1.165, 1.54) is 25.4 Å². The fraction of sp³-hybridized carbons (Fsp3) is 0.500. The summed E-state index contributed by atoms with van der Waals surface area (Å²) in [5, 5.41) is 19.4. The van der Waals surface area contributed by atoms with Gasteiger partial charge in [0.15, 0.2) is 0 Å². The zero-order valence-corrected chi connectivity index (χ0v) is 17.7. The number of aliphatic hydroxyl groups is 2. The molecule has 0 aromatic carbocycles. The molecular formula is C12H12O2S8. The van der Waals surface area contributed by atoms with Crippen LogP contribution in [-0.2, 0) is 0 Å². The van der Waals surface area contributed by atoms with Gasteiger partial charge in [0.2, 0.25) is 0 Å². The standard InChI is InChI=1S/C12H12O2S8/c13-1-5-3-15-7-9(17-5)21-11(19-7)12-20-8-10(22-12)18-6(2-14)4-16-8/h5-6,13-14H,1-4H2/b12-11+. The first kappa shape index (κ1) is 17.4. The van der Waals surface area contributed by atoms with Gasteiger partial charge in [-0.15, -0.1) is 47.0 Å². The fourth-order valence-corrected chi connectivity index (χ4v) is 14.6. The van der Waals surface area contributed by atoms with E-state index in [-0.39, 0.29) is 13.2 Å². The molecule has 0 aromatic rings. The van der Waals surface area contributed by atoms with Crippen LogP contribution in [0.5, 0.6) is 0 Å². The highest BCUT2D eigenvalue weighted by atomic mass is 32.3. The molecule has 0 aromatic heterocycles. The lowest BCUT2D eigenvalue weighted by atomic mass is 10.5. The molecule has 4 heterocycles. The number of hydrogen-bond donors (Lipinski definition) is 2. The lowest BCUT2D eigenvalue weighted by molar-refractivity contribution is 0.301. The Labute approximate surface area is 163 Å². The summed E-state index contributed by atoms with van der Waals surface area (Å²) in [5.41, 5.74) is 0. The third kappa shape index (κ3) is 3.57. The third-order valence-corrected chi connectivity index (χ3v) is 15.6. The van der Waals surface area contributed by atoms with Crippen molar-refractivity contribution in [3.63, 3.8) is 0 Å². The zero-order chi connectivity index (χ0) is 15.1. The molecule has 2 N–H and O–H groups in total. The van der Waals surface area contributed by atoms with Crippen LogP contribution < -0.4 is 0 Å². The molecule has 0 spiro atoms. The lowest BCUT2D eigenvalue weighted by Gasteiger charge is -2.18. The molecule has 22 heavy (non-hydrogen) atoms. The van der Waals surface area contributed by atoms with E-state index in [9.17, 15) is 10.2 Å². The van der Waals surface area contributed by atoms with Crippen molar-refractivity contribution < 1.29 is 10.2 Å². The van der Waals surface area contributed by atoms with Gasteiger partial charge >= 0.3 is 0 Å². The number of thioether (sulfide) groups is 8. The topological polar surface area (TPSA) is 40.5 Å². The van der Waals surface area contributed by atoms with Crippen molar-refractivity contribution in [1.82, 2.24) is 0 Å². The Kier molecular flexibility index (Phi) is 6.05. The molecule has 0 saturated carbocycles. The first-order valence-corrected chi connectivity index (χ1v) is 13.5. The van der Waals surface area contributed by atoms with Gasteiger partial charge in [-0.25, -0.2) is 0 Å². The first-order chi connectivity index (χ1) is 10.8. The summed E-state index contributed by atoms with van der Waals surface area (Å²) in [6, 6.07) is 0. The van der Waals surface area contributed by atoms with E-state index < -0.39 is 0 Å². The van der Waals surface area contributed by atoms with E-state index in [0.29, 0.717) is 10.5 Å². The summed E-state index contributed by atoms with van der Waals surface area (Å²) in [6.45, 7) is 0.529. The maximum Gasteiger partial charge on any atom is 0.0717 e. The maximum atomic E-state index is 9.35. The molecule has 0 saturated heterocycles. The molecule has 4 aliphatic rings. The normalized spacial score (nSPS) is 35.2. The van der Waals surface area contributed by atoms with Crippen molar-refractivity contribution in [1.29, 1.82) is 0 Å². The molecule has 4 aliphatic heterocycles. The van der Waals surface area contributed by atoms with Crippen molar-refractivity contribution >= 4 is 94.1 Å². The minimum atomic E-state index is 0.265. The second-order valence-corrected chi connectivity index (χ2v) is 14.9. The summed E-state index contributed by atoms with van der Waals surface area (Å²) >= 11 is 15.0. The number of rotatable bonds is 2. The lowest BCUT2D eigenvalue weighted by Crippen LogP contribution is -2.13. The Hall–Kier alpha value is 1.94. The van der Waals surface area contributed by atoms with Crippen molar-refractivity contribution in [3.8, 4) is 0 Å². The van der Waals surface area contributed by atoms with Gasteiger partial charge in [0.1, 0.15) is 0 Å². The summed E-state index contributed by atoms with van der Waals surface area (Å²) in [7, 11) is 0. The second kappa shape index (κ2) is 7.67. The Morgan fingerprint density at radius 1 is 0.636 bits per heavy atom. The van der Waals surface area contributed by atoms with Crippen molar-refractivity contribution in [2.75, 3.05) is 24.7 Å². The third-order valence-electron chi connectivity index (χ3n) is 3.00. The molecule has 120 valence electrons. The van der Waals surface area contributed by atoms with Gasteiger partial charge in [0.25, 0.3) is 0 Å². The minimum Gasteiger partial charge on any atom is -0.395 e. The second-order valence-electron chi connectivity index (χ2n) is 4.60. The Balaban J connectivity index is 1.46. The highest BCUT2D eigenvalue weighted by Crippen LogP contribution is 2.68. The molecule has 2 unspecified atom stereocenters. The van der Waals surface area contributed by atoms with E-state index in [2.05, 4.69) is 0 Å². The van der Waals surface area contributed by atoms with Gasteiger partial charge in [-0.3, -0.25) is 0 Å². The van der Waals surface area contributed by atoms with Gasteiger partial charge in [-0.1, -0.05) is 47.0 Å². The Morgan fingerprint density at radius 3 is 1.45 bits per heavy atom. The summed E-state index contributed by atoms with van der Waals surface area (Å²) in [4.78, 5) is 0. The van der Waals surface area contributed by atoms with Crippen LogP contribution in [0.1, 0.15) is 0 Å². The van der Waals surface area contributed by atoms with Crippen molar-refractivity contribution in [3.05, 3.63) is 25.4 Å². The highest BCUT2D eigenvalue weighted by Gasteiger charge is 2.35. The van der Waals surface area contributed by atoms with E-state index in [1.54, 1.807) is 0 Å². The average molecular weight is 445 g/mol. The molecule has 0 radical (unpaired) electrons. The first-order valence-electron chi connectivity index (χ1n) is 6.51. The van der Waals surface area contributed by atoms with Crippen molar-refractivity contribution in [2.24, 2.45) is 0 Å². The van der Waals surface area contributed by atoms with Gasteiger partial charge in [-0.2, -0.15) is 0 Å². The van der Waals surface area contributed by atoms with Crippen LogP contribution >= 0.6 is 94.1 Å². The monoisotopic (exact) mass is 444 g/mol. The van der Waals surface area contributed by atoms with Gasteiger partial charge in [0.05, 0.1) is 38.6 Å². The van der Waals surface area contributed by atoms with Crippen LogP contribution in [0.2, 0.25) is 0 Å². The molecule has 0 aliphatic carbocycles. The fourth-order valence-electron chi connectivity index (χ4n) is 1.92. The van der Waals surface area contributed by atoms with Crippen LogP contribution in [0.3, 0.4) is 0 Å². The van der Waals surface area contributed by atoms with Gasteiger partial charge in [-0.05, 0) is 0 Å². The average Bonchev–Trinajstić information content (AvgIpc) is 3.16. The molecule has 0 amide bonds. The Bertz CT molecular complexity index is 534. The predicted molar refractivity (Wildman–Crippen MR) is 113 cm³/mol. The highest BCUT2D eigenvalue weighted by molar-refractivity contribution is 8.45. The molecule has 0 bridgehead atoms. The van der Waals surface area contributed by atoms with Gasteiger partial charge < -0.3 is 10.2 Å². The van der Waals surface area contributed by atoms with Crippen LogP contribution in [0.4, 0.5) is 0 Å². The zero-order valence-electron chi connectivity index (χ0n) is 11.1. The quantitative estimate of drug-likeness (QED) is 0.607. The maximum absolute atomic E-state index is 9.35. The molecule has 2 atom stereocenters. The number of hydrogen-bond acceptors (Lipinski definition) is 10. The molecule has 4 rings (SSSR count).